The molecule has 0 radical (unpaired) electrons. The summed E-state index contributed by atoms with van der Waals surface area (Å²) in [6.45, 7) is 0. The summed E-state index contributed by atoms with van der Waals surface area (Å²) >= 11 is 0. The molecule has 0 aliphatic carbocycles. The maximum atomic E-state index is 10.1. The molecule has 0 aromatic rings. The number of aliphatic hydroxyl groups is 1. The first-order valence-electron chi connectivity index (χ1n) is 3.11. The van der Waals surface area contributed by atoms with Crippen LogP contribution in [-0.2, 0) is 33.9 Å². The Morgan fingerprint density at radius 3 is 1.31 bits per heavy atom. The molecule has 0 aliphatic rings. The van der Waals surface area contributed by atoms with E-state index in [0.29, 0.717) is 0 Å². The summed E-state index contributed by atoms with van der Waals surface area (Å²) in [5.74, 6) is -5.98. The van der Waals surface area contributed by atoms with Gasteiger partial charge in [0.1, 0.15) is 5.60 Å². The van der Waals surface area contributed by atoms with E-state index in [-0.39, 0.29) is 78.6 Å². The number of rotatable bonds is 5. The third-order valence-corrected chi connectivity index (χ3v) is 1.25. The van der Waals surface area contributed by atoms with Gasteiger partial charge in [0.15, 0.2) is 0 Å². The van der Waals surface area contributed by atoms with Crippen LogP contribution in [-0.4, -0.2) is 28.6 Å². The summed E-state index contributed by atoms with van der Waals surface area (Å²) in [5, 5.41) is 38.9. The zero-order chi connectivity index (χ0) is 10.6. The van der Waals surface area contributed by atoms with Gasteiger partial charge in [0.05, 0.1) is 5.97 Å². The largest absolute Gasteiger partial charge is 2.00 e. The number of hydrogen-bond donors (Lipinski definition) is 1. The molecule has 0 aromatic heterocycles. The van der Waals surface area contributed by atoms with Gasteiger partial charge in [-0.1, -0.05) is 0 Å². The van der Waals surface area contributed by atoms with E-state index in [4.69, 9.17) is 5.11 Å². The van der Waals surface area contributed by atoms with E-state index < -0.39 is 36.4 Å². The second kappa shape index (κ2) is 11.1. The van der Waals surface area contributed by atoms with Gasteiger partial charge >= 0.3 is 78.6 Å². The SMILES string of the molecule is O=C([O-])CC(O)(CC(=O)[O-])C(=O)[O-].[Na+].[Na+].[Zn+2]. The molecule has 0 heterocycles. The van der Waals surface area contributed by atoms with Crippen molar-refractivity contribution in [2.24, 2.45) is 0 Å². The summed E-state index contributed by atoms with van der Waals surface area (Å²) in [4.78, 5) is 30.0. The fourth-order valence-corrected chi connectivity index (χ4v) is 0.684. The van der Waals surface area contributed by atoms with E-state index in [2.05, 4.69) is 0 Å². The molecule has 0 unspecified atom stereocenters. The van der Waals surface area contributed by atoms with Gasteiger partial charge in [0.2, 0.25) is 0 Å². The third-order valence-electron chi connectivity index (χ3n) is 1.25. The zero-order valence-corrected chi connectivity index (χ0v) is 16.0. The molecule has 16 heavy (non-hydrogen) atoms. The van der Waals surface area contributed by atoms with Crippen molar-refractivity contribution in [3.63, 3.8) is 0 Å². The Bertz CT molecular complexity index is 241. The zero-order valence-electron chi connectivity index (χ0n) is 9.02. The molecule has 1 N–H and O–H groups in total. The number of aliphatic carboxylic acids is 3. The molecule has 7 nitrogen and oxygen atoms in total. The minimum Gasteiger partial charge on any atom is -0.550 e. The van der Waals surface area contributed by atoms with Crippen molar-refractivity contribution in [3.8, 4) is 0 Å². The average Bonchev–Trinajstić information content (AvgIpc) is 1.82. The fourth-order valence-electron chi connectivity index (χ4n) is 0.684. The van der Waals surface area contributed by atoms with Crippen LogP contribution in [0, 0.1) is 0 Å². The summed E-state index contributed by atoms with van der Waals surface area (Å²) in [6.07, 6.45) is -2.72. The van der Waals surface area contributed by atoms with Gasteiger partial charge in [-0.15, -0.1) is 0 Å². The van der Waals surface area contributed by atoms with Crippen LogP contribution in [0.2, 0.25) is 0 Å². The Kier molecular flexibility index (Phi) is 17.9. The third kappa shape index (κ3) is 10.2. The molecule has 0 spiro atoms. The van der Waals surface area contributed by atoms with Gasteiger partial charge in [-0.2, -0.15) is 0 Å². The smallest absolute Gasteiger partial charge is 0.550 e. The molecule has 0 rings (SSSR count). The molecular formula is C6H5Na2O7Zn+. The standard InChI is InChI=1S/C6H8O7.2Na.Zn/c7-3(8)1-6(13,5(11)12)2-4(9)10;;;/h13H,1-2H2,(H,7,8)(H,9,10)(H,11,12);;;/q;2*+1;+2/p-3. The number of carboxylic acids is 3. The summed E-state index contributed by atoms with van der Waals surface area (Å²) in [6, 6.07) is 0. The van der Waals surface area contributed by atoms with E-state index in [1.165, 1.54) is 0 Å². The second-order valence-electron chi connectivity index (χ2n) is 2.42. The molecule has 0 aromatic carbocycles. The van der Waals surface area contributed by atoms with Gasteiger partial charge in [0.25, 0.3) is 0 Å². The number of hydrogen-bond acceptors (Lipinski definition) is 7. The molecule has 0 bridgehead atoms. The van der Waals surface area contributed by atoms with E-state index in [1.807, 2.05) is 0 Å². The van der Waals surface area contributed by atoms with Crippen LogP contribution in [0.3, 0.4) is 0 Å². The molecule has 10 heteroatoms. The minimum absolute atomic E-state index is 0. The summed E-state index contributed by atoms with van der Waals surface area (Å²) in [5.41, 5.74) is -2.97. The Morgan fingerprint density at radius 1 is 0.938 bits per heavy atom. The van der Waals surface area contributed by atoms with Crippen molar-refractivity contribution in [1.29, 1.82) is 0 Å². The summed E-state index contributed by atoms with van der Waals surface area (Å²) in [7, 11) is 0. The number of carbonyl (C=O) groups is 3. The van der Waals surface area contributed by atoms with Crippen molar-refractivity contribution in [1.82, 2.24) is 0 Å². The van der Waals surface area contributed by atoms with Crippen molar-refractivity contribution in [2.45, 2.75) is 18.4 Å². The van der Waals surface area contributed by atoms with Crippen molar-refractivity contribution < 1.29 is 113 Å². The van der Waals surface area contributed by atoms with Gasteiger partial charge in [0, 0.05) is 24.8 Å². The van der Waals surface area contributed by atoms with Gasteiger partial charge in [-0.05, 0) is 0 Å². The maximum Gasteiger partial charge on any atom is 2.00 e. The van der Waals surface area contributed by atoms with Crippen LogP contribution in [0.5, 0.6) is 0 Å². The normalized spacial score (nSPS) is 8.81. The first kappa shape index (κ1) is 25.7. The van der Waals surface area contributed by atoms with Crippen LogP contribution in [0.25, 0.3) is 0 Å². The molecule has 0 atom stereocenters. The second-order valence-corrected chi connectivity index (χ2v) is 2.42. The monoisotopic (exact) mass is 299 g/mol. The van der Waals surface area contributed by atoms with E-state index in [0.717, 1.165) is 0 Å². The van der Waals surface area contributed by atoms with Gasteiger partial charge in [-0.3, -0.25) is 0 Å². The molecule has 0 amide bonds. The quantitative estimate of drug-likeness (QED) is 0.497. The molecule has 0 saturated carbocycles. The van der Waals surface area contributed by atoms with Crippen molar-refractivity contribution in [2.75, 3.05) is 0 Å². The Morgan fingerprint density at radius 2 is 1.19 bits per heavy atom. The van der Waals surface area contributed by atoms with Crippen LogP contribution in [0.15, 0.2) is 0 Å². The minimum atomic E-state index is -2.97. The first-order chi connectivity index (χ1) is 5.78. The van der Waals surface area contributed by atoms with Crippen LogP contribution in [0.1, 0.15) is 12.8 Å². The van der Waals surface area contributed by atoms with Crippen LogP contribution in [0.4, 0.5) is 0 Å². The van der Waals surface area contributed by atoms with Gasteiger partial charge < -0.3 is 34.8 Å². The average molecular weight is 300 g/mol. The van der Waals surface area contributed by atoms with E-state index in [1.54, 1.807) is 0 Å². The Labute approximate surface area is 148 Å². The predicted molar refractivity (Wildman–Crippen MR) is 29.2 cm³/mol. The van der Waals surface area contributed by atoms with E-state index in [9.17, 15) is 29.7 Å². The Hall–Kier alpha value is 0.993. The number of carboxylic acid groups (broad SMARTS) is 3. The van der Waals surface area contributed by atoms with Crippen molar-refractivity contribution in [3.05, 3.63) is 0 Å². The predicted octanol–water partition coefficient (Wildman–Crippen LogP) is -11.2. The first-order valence-corrected chi connectivity index (χ1v) is 3.11. The molecule has 74 valence electrons. The maximum absolute atomic E-state index is 10.1. The van der Waals surface area contributed by atoms with E-state index >= 15 is 0 Å². The van der Waals surface area contributed by atoms with Crippen LogP contribution >= 0.6 is 0 Å². The topological polar surface area (TPSA) is 141 Å². The molecule has 0 aliphatic heterocycles. The fraction of sp³-hybridized carbons (Fsp3) is 0.500. The number of carbonyl (C=O) groups excluding carboxylic acids is 3. The molecule has 0 saturated heterocycles. The molecular weight excluding hydrogens is 295 g/mol. The summed E-state index contributed by atoms with van der Waals surface area (Å²) < 4.78 is 0. The molecule has 0 fully saturated rings. The van der Waals surface area contributed by atoms with Gasteiger partial charge in [-0.25, -0.2) is 0 Å². The Balaban J connectivity index is -0.000000240. The van der Waals surface area contributed by atoms with Crippen molar-refractivity contribution >= 4 is 17.9 Å². The van der Waals surface area contributed by atoms with Crippen LogP contribution < -0.4 is 74.4 Å².